The van der Waals surface area contributed by atoms with Crippen LogP contribution in [-0.4, -0.2) is 11.5 Å². The molecule has 4 heteroatoms. The first kappa shape index (κ1) is 6.35. The van der Waals surface area contributed by atoms with E-state index in [0.717, 1.165) is 16.7 Å². The lowest BCUT2D eigenvalue weighted by Gasteiger charge is -1.91. The summed E-state index contributed by atoms with van der Waals surface area (Å²) in [7, 11) is 0. The third-order valence-electron chi connectivity index (χ3n) is 0.852. The van der Waals surface area contributed by atoms with Crippen LogP contribution in [0.5, 0.6) is 0 Å². The van der Waals surface area contributed by atoms with Gasteiger partial charge in [0.15, 0.2) is 5.13 Å². The fraction of sp³-hybridized carbons (Fsp3) is 0.400. The van der Waals surface area contributed by atoms with Gasteiger partial charge in [-0.05, 0) is 6.92 Å². The van der Waals surface area contributed by atoms with Crippen molar-refractivity contribution in [2.75, 3.05) is 17.6 Å². The van der Waals surface area contributed by atoms with Crippen LogP contribution in [-0.2, 0) is 0 Å². The van der Waals surface area contributed by atoms with Crippen LogP contribution in [0.2, 0.25) is 0 Å². The maximum absolute atomic E-state index is 5.42. The highest BCUT2D eigenvalue weighted by Gasteiger charge is 1.93. The molecule has 1 heterocycles. The van der Waals surface area contributed by atoms with Gasteiger partial charge in [-0.2, -0.15) is 0 Å². The molecule has 0 saturated carbocycles. The quantitative estimate of drug-likeness (QED) is 0.653. The molecule has 0 aliphatic carbocycles. The van der Waals surface area contributed by atoms with Crippen LogP contribution in [0.15, 0.2) is 6.20 Å². The zero-order chi connectivity index (χ0) is 6.69. The lowest BCUT2D eigenvalue weighted by atomic mass is 10.8. The number of nitrogens with one attached hydrogen (secondary N) is 1. The average Bonchev–Trinajstić information content (AvgIpc) is 2.17. The van der Waals surface area contributed by atoms with Crippen molar-refractivity contribution in [3.05, 3.63) is 6.20 Å². The third-order valence-corrected chi connectivity index (χ3v) is 1.64. The molecule has 3 N–H and O–H groups in total. The summed E-state index contributed by atoms with van der Waals surface area (Å²) in [6.45, 7) is 2.92. The minimum absolute atomic E-state index is 0.756. The lowest BCUT2D eigenvalue weighted by Crippen LogP contribution is -1.94. The van der Waals surface area contributed by atoms with E-state index in [2.05, 4.69) is 10.3 Å². The number of anilines is 2. The minimum atomic E-state index is 0.756. The second kappa shape index (κ2) is 2.68. The molecule has 0 spiro atoms. The molecule has 0 aliphatic heterocycles. The van der Waals surface area contributed by atoms with Gasteiger partial charge in [-0.15, -0.1) is 0 Å². The summed E-state index contributed by atoms with van der Waals surface area (Å²) in [5, 5.41) is 4.71. The summed E-state index contributed by atoms with van der Waals surface area (Å²) in [5.41, 5.74) is 5.42. The molecule has 0 fully saturated rings. The van der Waals surface area contributed by atoms with Gasteiger partial charge in [0, 0.05) is 6.54 Å². The van der Waals surface area contributed by atoms with Crippen molar-refractivity contribution in [1.29, 1.82) is 0 Å². The van der Waals surface area contributed by atoms with E-state index in [1.807, 2.05) is 6.92 Å². The van der Waals surface area contributed by atoms with Crippen molar-refractivity contribution in [1.82, 2.24) is 4.98 Å². The van der Waals surface area contributed by atoms with Gasteiger partial charge < -0.3 is 11.1 Å². The normalized spacial score (nSPS) is 9.44. The lowest BCUT2D eigenvalue weighted by molar-refractivity contribution is 1.19. The number of nitrogens with zero attached hydrogens (tertiary/aromatic N) is 1. The Morgan fingerprint density at radius 1 is 1.89 bits per heavy atom. The molecule has 1 rings (SSSR count). The summed E-state index contributed by atoms with van der Waals surface area (Å²) in [6.07, 6.45) is 1.66. The Bertz CT molecular complexity index is 184. The largest absolute Gasteiger partial charge is 0.389 e. The van der Waals surface area contributed by atoms with Crippen molar-refractivity contribution in [3.8, 4) is 0 Å². The summed E-state index contributed by atoms with van der Waals surface area (Å²) < 4.78 is 0. The SMILES string of the molecule is CCNc1ncc(N)s1. The van der Waals surface area contributed by atoms with Gasteiger partial charge in [-0.3, -0.25) is 0 Å². The number of thiazole rings is 1. The van der Waals surface area contributed by atoms with Gasteiger partial charge >= 0.3 is 0 Å². The molecule has 0 radical (unpaired) electrons. The standard InChI is InChI=1S/C5H9N3S/c1-2-7-5-8-3-4(6)9-5/h3H,2,6H2,1H3,(H,7,8). The maximum Gasteiger partial charge on any atom is 0.184 e. The van der Waals surface area contributed by atoms with E-state index in [0.29, 0.717) is 0 Å². The van der Waals surface area contributed by atoms with Crippen molar-refractivity contribution in [3.63, 3.8) is 0 Å². The van der Waals surface area contributed by atoms with E-state index in [4.69, 9.17) is 5.73 Å². The van der Waals surface area contributed by atoms with Gasteiger partial charge in [0.2, 0.25) is 0 Å². The van der Waals surface area contributed by atoms with Gasteiger partial charge in [-0.25, -0.2) is 4.98 Å². The Labute approximate surface area is 57.9 Å². The van der Waals surface area contributed by atoms with Gasteiger partial charge in [0.1, 0.15) is 5.00 Å². The van der Waals surface area contributed by atoms with Gasteiger partial charge in [0.25, 0.3) is 0 Å². The van der Waals surface area contributed by atoms with Crippen LogP contribution in [0, 0.1) is 0 Å². The van der Waals surface area contributed by atoms with Crippen LogP contribution >= 0.6 is 11.3 Å². The first-order valence-electron chi connectivity index (χ1n) is 2.78. The predicted molar refractivity (Wildman–Crippen MR) is 40.7 cm³/mol. The molecule has 0 aromatic carbocycles. The van der Waals surface area contributed by atoms with E-state index < -0.39 is 0 Å². The highest BCUT2D eigenvalue weighted by atomic mass is 32.1. The molecule has 0 amide bonds. The molecule has 0 saturated heterocycles. The molecule has 3 nitrogen and oxygen atoms in total. The Kier molecular flexibility index (Phi) is 1.89. The summed E-state index contributed by atoms with van der Waals surface area (Å²) in [4.78, 5) is 3.99. The van der Waals surface area contributed by atoms with Crippen LogP contribution in [0.4, 0.5) is 10.1 Å². The minimum Gasteiger partial charge on any atom is -0.389 e. The van der Waals surface area contributed by atoms with Crippen molar-refractivity contribution < 1.29 is 0 Å². The van der Waals surface area contributed by atoms with Crippen LogP contribution in [0.1, 0.15) is 6.92 Å². The fourth-order valence-corrected chi connectivity index (χ4v) is 1.17. The second-order valence-corrected chi connectivity index (χ2v) is 2.66. The number of nitrogen functional groups attached to an aromatic ring is 1. The third kappa shape index (κ3) is 1.57. The van der Waals surface area contributed by atoms with E-state index >= 15 is 0 Å². The van der Waals surface area contributed by atoms with Crippen molar-refractivity contribution in [2.24, 2.45) is 0 Å². The Morgan fingerprint density at radius 3 is 3.11 bits per heavy atom. The fourth-order valence-electron chi connectivity index (χ4n) is 0.520. The Balaban J connectivity index is 2.61. The molecular formula is C5H9N3S. The van der Waals surface area contributed by atoms with Crippen LogP contribution in [0.3, 0.4) is 0 Å². The molecule has 1 aromatic heterocycles. The summed E-state index contributed by atoms with van der Waals surface area (Å²) >= 11 is 1.47. The molecule has 0 aliphatic rings. The molecule has 1 aromatic rings. The van der Waals surface area contributed by atoms with E-state index in [9.17, 15) is 0 Å². The maximum atomic E-state index is 5.42. The van der Waals surface area contributed by atoms with E-state index in [1.165, 1.54) is 11.3 Å². The molecule has 50 valence electrons. The van der Waals surface area contributed by atoms with Crippen LogP contribution in [0.25, 0.3) is 0 Å². The summed E-state index contributed by atoms with van der Waals surface area (Å²) in [6, 6.07) is 0. The van der Waals surface area contributed by atoms with Crippen molar-refractivity contribution in [2.45, 2.75) is 6.92 Å². The molecule has 0 unspecified atom stereocenters. The topological polar surface area (TPSA) is 50.9 Å². The predicted octanol–water partition coefficient (Wildman–Crippen LogP) is 1.16. The molecular weight excluding hydrogens is 134 g/mol. The highest BCUT2D eigenvalue weighted by molar-refractivity contribution is 7.19. The number of nitrogens with two attached hydrogens (primary N) is 1. The highest BCUT2D eigenvalue weighted by Crippen LogP contribution is 2.18. The molecule has 0 bridgehead atoms. The zero-order valence-electron chi connectivity index (χ0n) is 5.22. The van der Waals surface area contributed by atoms with E-state index in [-0.39, 0.29) is 0 Å². The first-order valence-corrected chi connectivity index (χ1v) is 3.59. The number of hydrogen-bond acceptors (Lipinski definition) is 4. The number of rotatable bonds is 2. The Hall–Kier alpha value is -0.770. The van der Waals surface area contributed by atoms with E-state index in [1.54, 1.807) is 6.20 Å². The smallest absolute Gasteiger partial charge is 0.184 e. The Morgan fingerprint density at radius 2 is 2.67 bits per heavy atom. The van der Waals surface area contributed by atoms with Gasteiger partial charge in [0.05, 0.1) is 6.20 Å². The molecule has 0 atom stereocenters. The van der Waals surface area contributed by atoms with Gasteiger partial charge in [-0.1, -0.05) is 11.3 Å². The van der Waals surface area contributed by atoms with Crippen molar-refractivity contribution >= 4 is 21.5 Å². The first-order chi connectivity index (χ1) is 4.33. The number of hydrogen-bond donors (Lipinski definition) is 2. The zero-order valence-corrected chi connectivity index (χ0v) is 6.03. The average molecular weight is 143 g/mol. The summed E-state index contributed by atoms with van der Waals surface area (Å²) in [5.74, 6) is 0. The molecule has 9 heavy (non-hydrogen) atoms. The monoisotopic (exact) mass is 143 g/mol. The second-order valence-electron chi connectivity index (χ2n) is 1.60. The number of aromatic nitrogens is 1. The van der Waals surface area contributed by atoms with Crippen LogP contribution < -0.4 is 11.1 Å².